The SMILES string of the molecule is COc1ccc(-c2ccnc(N[C@H]3CO[C@H]4[C@@H]3OC[C@@H]4[NH2+]Cc3ccc(-c4ccccc4)cc3)n2)cc1. The van der Waals surface area contributed by atoms with Gasteiger partial charge in [-0.3, -0.25) is 0 Å². The van der Waals surface area contributed by atoms with Gasteiger partial charge < -0.3 is 24.8 Å². The van der Waals surface area contributed by atoms with E-state index in [1.807, 2.05) is 36.4 Å². The van der Waals surface area contributed by atoms with E-state index in [1.54, 1.807) is 13.3 Å². The van der Waals surface area contributed by atoms with Gasteiger partial charge in [-0.2, -0.15) is 0 Å². The quantitative estimate of drug-likeness (QED) is 0.389. The molecule has 2 aliphatic heterocycles. The number of ether oxygens (including phenoxy) is 3. The van der Waals surface area contributed by atoms with Gasteiger partial charge in [-0.25, -0.2) is 9.97 Å². The van der Waals surface area contributed by atoms with Crippen LogP contribution in [0.15, 0.2) is 91.1 Å². The van der Waals surface area contributed by atoms with Crippen molar-refractivity contribution < 1.29 is 19.5 Å². The molecule has 2 aliphatic rings. The summed E-state index contributed by atoms with van der Waals surface area (Å²) in [5.41, 5.74) is 5.63. The molecular formula is C30H31N4O3+. The molecule has 0 saturated carbocycles. The fraction of sp³-hybridized carbons (Fsp3) is 0.267. The zero-order chi connectivity index (χ0) is 25.0. The minimum Gasteiger partial charge on any atom is -0.497 e. The van der Waals surface area contributed by atoms with E-state index in [1.165, 1.54) is 16.7 Å². The number of hydrogen-bond acceptors (Lipinski definition) is 6. The van der Waals surface area contributed by atoms with Crippen LogP contribution in [0.1, 0.15) is 5.56 Å². The molecule has 7 heteroatoms. The molecule has 4 aromatic rings. The van der Waals surface area contributed by atoms with Crippen LogP contribution in [0.3, 0.4) is 0 Å². The van der Waals surface area contributed by atoms with Gasteiger partial charge in [0.05, 0.1) is 25.5 Å². The Morgan fingerprint density at radius 2 is 1.57 bits per heavy atom. The minimum atomic E-state index is -0.0186. The van der Waals surface area contributed by atoms with Crippen LogP contribution in [0.5, 0.6) is 5.75 Å². The van der Waals surface area contributed by atoms with Gasteiger partial charge in [0.1, 0.15) is 37.2 Å². The van der Waals surface area contributed by atoms with Gasteiger partial charge in [-0.15, -0.1) is 0 Å². The van der Waals surface area contributed by atoms with E-state index in [0.717, 1.165) is 23.6 Å². The molecule has 3 heterocycles. The summed E-state index contributed by atoms with van der Waals surface area (Å²) in [6.45, 7) is 2.13. The summed E-state index contributed by atoms with van der Waals surface area (Å²) in [6, 6.07) is 29.3. The Bertz CT molecular complexity index is 1320. The highest BCUT2D eigenvalue weighted by atomic mass is 16.6. The number of hydrogen-bond donors (Lipinski definition) is 2. The van der Waals surface area contributed by atoms with Crippen molar-refractivity contribution in [2.75, 3.05) is 25.6 Å². The zero-order valence-electron chi connectivity index (χ0n) is 20.8. The third-order valence-electron chi connectivity index (χ3n) is 7.16. The average Bonchev–Trinajstić information content (AvgIpc) is 3.56. The molecule has 4 atom stereocenters. The lowest BCUT2D eigenvalue weighted by atomic mass is 10.0. The molecule has 2 fully saturated rings. The van der Waals surface area contributed by atoms with E-state index in [4.69, 9.17) is 19.2 Å². The Kier molecular flexibility index (Phi) is 6.82. The van der Waals surface area contributed by atoms with Crippen molar-refractivity contribution in [3.8, 4) is 28.1 Å². The van der Waals surface area contributed by atoms with E-state index < -0.39 is 0 Å². The smallest absolute Gasteiger partial charge is 0.223 e. The first kappa shape index (κ1) is 23.6. The lowest BCUT2D eigenvalue weighted by Crippen LogP contribution is -2.91. The number of methoxy groups -OCH3 is 1. The van der Waals surface area contributed by atoms with Gasteiger partial charge in [-0.05, 0) is 41.5 Å². The second-order valence-corrected chi connectivity index (χ2v) is 9.51. The number of nitrogens with one attached hydrogen (secondary N) is 1. The standard InChI is InChI=1S/C30H30N4O3/c1-35-24-13-11-23(12-14-24)25-15-16-31-30(33-25)34-27-19-37-28-26(18-36-29(27)28)32-17-20-7-9-22(10-8-20)21-5-3-2-4-6-21/h2-16,26-29,32H,17-19H2,1H3,(H,31,33,34)/p+1/t26-,27-,28+,29+/m0/s1. The molecule has 0 radical (unpaired) electrons. The number of nitrogens with two attached hydrogens (primary N) is 1. The third-order valence-corrected chi connectivity index (χ3v) is 7.16. The average molecular weight is 496 g/mol. The Morgan fingerprint density at radius 1 is 0.838 bits per heavy atom. The van der Waals surface area contributed by atoms with Crippen molar-refractivity contribution >= 4 is 5.95 Å². The maximum Gasteiger partial charge on any atom is 0.223 e. The molecule has 37 heavy (non-hydrogen) atoms. The van der Waals surface area contributed by atoms with E-state index in [-0.39, 0.29) is 24.3 Å². The molecule has 3 N–H and O–H groups in total. The van der Waals surface area contributed by atoms with E-state index >= 15 is 0 Å². The highest BCUT2D eigenvalue weighted by molar-refractivity contribution is 5.63. The zero-order valence-corrected chi connectivity index (χ0v) is 20.8. The topological polar surface area (TPSA) is 82.1 Å². The molecule has 6 rings (SSSR count). The summed E-state index contributed by atoms with van der Waals surface area (Å²) in [5, 5.41) is 5.79. The van der Waals surface area contributed by atoms with Gasteiger partial charge in [0.15, 0.2) is 0 Å². The summed E-state index contributed by atoms with van der Waals surface area (Å²) >= 11 is 0. The second kappa shape index (κ2) is 10.7. The molecule has 0 bridgehead atoms. The Hall–Kier alpha value is -3.78. The summed E-state index contributed by atoms with van der Waals surface area (Å²) in [5.74, 6) is 1.40. The molecule has 0 unspecified atom stereocenters. The fourth-order valence-corrected chi connectivity index (χ4v) is 5.12. The van der Waals surface area contributed by atoms with Crippen molar-refractivity contribution in [3.63, 3.8) is 0 Å². The largest absolute Gasteiger partial charge is 0.497 e. The van der Waals surface area contributed by atoms with Crippen LogP contribution in [-0.4, -0.2) is 54.6 Å². The highest BCUT2D eigenvalue weighted by Crippen LogP contribution is 2.28. The monoisotopic (exact) mass is 495 g/mol. The van der Waals surface area contributed by atoms with Gasteiger partial charge in [0.2, 0.25) is 5.95 Å². The molecule has 1 aromatic heterocycles. The maximum absolute atomic E-state index is 6.19. The number of anilines is 1. The van der Waals surface area contributed by atoms with Crippen molar-refractivity contribution in [1.82, 2.24) is 9.97 Å². The number of aromatic nitrogens is 2. The normalized spacial score (nSPS) is 22.5. The summed E-state index contributed by atoms with van der Waals surface area (Å²) in [7, 11) is 1.66. The van der Waals surface area contributed by atoms with Crippen LogP contribution < -0.4 is 15.4 Å². The fourth-order valence-electron chi connectivity index (χ4n) is 5.12. The van der Waals surface area contributed by atoms with Crippen LogP contribution in [0, 0.1) is 0 Å². The van der Waals surface area contributed by atoms with Crippen LogP contribution in [0.4, 0.5) is 5.95 Å². The summed E-state index contributed by atoms with van der Waals surface area (Å²) in [4.78, 5) is 9.15. The van der Waals surface area contributed by atoms with Crippen LogP contribution in [0.25, 0.3) is 22.4 Å². The van der Waals surface area contributed by atoms with Crippen LogP contribution in [-0.2, 0) is 16.0 Å². The van der Waals surface area contributed by atoms with Gasteiger partial charge in [0, 0.05) is 17.3 Å². The Balaban J connectivity index is 1.05. The molecule has 7 nitrogen and oxygen atoms in total. The van der Waals surface area contributed by atoms with Gasteiger partial charge >= 0.3 is 0 Å². The molecule has 0 aliphatic carbocycles. The van der Waals surface area contributed by atoms with Crippen molar-refractivity contribution in [1.29, 1.82) is 0 Å². The van der Waals surface area contributed by atoms with Gasteiger partial charge in [0.25, 0.3) is 0 Å². The predicted octanol–water partition coefficient (Wildman–Crippen LogP) is 3.53. The molecule has 0 spiro atoms. The van der Waals surface area contributed by atoms with E-state index in [9.17, 15) is 0 Å². The first-order valence-corrected chi connectivity index (χ1v) is 12.7. The highest BCUT2D eigenvalue weighted by Gasteiger charge is 2.49. The molecule has 2 saturated heterocycles. The minimum absolute atomic E-state index is 0.0136. The lowest BCUT2D eigenvalue weighted by Gasteiger charge is -2.17. The number of nitrogens with zero attached hydrogens (tertiary/aromatic N) is 2. The first-order chi connectivity index (χ1) is 18.3. The van der Waals surface area contributed by atoms with Crippen LogP contribution >= 0.6 is 0 Å². The van der Waals surface area contributed by atoms with E-state index in [2.05, 4.69) is 64.1 Å². The second-order valence-electron chi connectivity index (χ2n) is 9.51. The number of benzene rings is 3. The first-order valence-electron chi connectivity index (χ1n) is 12.7. The summed E-state index contributed by atoms with van der Waals surface area (Å²) < 4.78 is 17.6. The predicted molar refractivity (Wildman–Crippen MR) is 142 cm³/mol. The molecule has 3 aromatic carbocycles. The summed E-state index contributed by atoms with van der Waals surface area (Å²) in [6.07, 6.45) is 1.80. The van der Waals surface area contributed by atoms with Crippen LogP contribution in [0.2, 0.25) is 0 Å². The number of fused-ring (bicyclic) bond motifs is 1. The molecule has 0 amide bonds. The third kappa shape index (κ3) is 5.20. The number of rotatable bonds is 8. The lowest BCUT2D eigenvalue weighted by molar-refractivity contribution is -0.707. The number of quaternary nitrogens is 1. The molecule has 188 valence electrons. The molecular weight excluding hydrogens is 464 g/mol. The Labute approximate surface area is 216 Å². The van der Waals surface area contributed by atoms with Crippen molar-refractivity contribution in [3.05, 3.63) is 96.7 Å². The van der Waals surface area contributed by atoms with Crippen molar-refractivity contribution in [2.24, 2.45) is 0 Å². The van der Waals surface area contributed by atoms with Crippen molar-refractivity contribution in [2.45, 2.75) is 30.8 Å². The maximum atomic E-state index is 6.19. The Morgan fingerprint density at radius 3 is 2.35 bits per heavy atom. The van der Waals surface area contributed by atoms with E-state index in [0.29, 0.717) is 19.2 Å². The van der Waals surface area contributed by atoms with Gasteiger partial charge in [-0.1, -0.05) is 54.6 Å².